The van der Waals surface area contributed by atoms with Gasteiger partial charge in [0.1, 0.15) is 11.6 Å². The van der Waals surface area contributed by atoms with Crippen LogP contribution in [0.5, 0.6) is 5.88 Å². The van der Waals surface area contributed by atoms with Crippen molar-refractivity contribution >= 4 is 11.8 Å². The van der Waals surface area contributed by atoms with Crippen LogP contribution in [-0.4, -0.2) is 10.2 Å². The number of rotatable bonds is 4. The number of nitrogens with zero attached hydrogens (tertiary/aromatic N) is 2. The zero-order valence-electron chi connectivity index (χ0n) is 16.3. The molecule has 9 heteroatoms. The smallest absolute Gasteiger partial charge is 0.416 e. The number of thioether (sulfide) groups is 1. The molecule has 158 valence electrons. The van der Waals surface area contributed by atoms with E-state index in [0.717, 1.165) is 16.5 Å². The molecule has 0 saturated heterocycles. The molecule has 2 aromatic carbocycles. The monoisotopic (exact) mass is 442 g/mol. The third-order valence-corrected chi connectivity index (χ3v) is 6.04. The lowest BCUT2D eigenvalue weighted by atomic mass is 9.82. The lowest BCUT2D eigenvalue weighted by Gasteiger charge is -2.26. The maximum Gasteiger partial charge on any atom is 0.416 e. The standard InChI is InChI=1S/C22H17F3N4OS/c1-12-6-8-13(9-7-12)31-11-17-19-18(14-4-2-3-5-16(14)22(23,24)25)15(10-26)20(27)30-21(19)29-28-17/h2-9,18H,11,27H2,1H3,(H,28,29). The summed E-state index contributed by atoms with van der Waals surface area (Å²) < 4.78 is 46.7. The van der Waals surface area contributed by atoms with Crippen LogP contribution in [-0.2, 0) is 11.9 Å². The van der Waals surface area contributed by atoms with Crippen LogP contribution < -0.4 is 10.5 Å². The van der Waals surface area contributed by atoms with Gasteiger partial charge in [0.15, 0.2) is 0 Å². The van der Waals surface area contributed by atoms with Crippen LogP contribution in [0.2, 0.25) is 0 Å². The number of nitrogens with two attached hydrogens (primary N) is 1. The molecule has 1 aromatic heterocycles. The number of hydrogen-bond donors (Lipinski definition) is 2. The summed E-state index contributed by atoms with van der Waals surface area (Å²) in [5, 5.41) is 16.6. The average molecular weight is 442 g/mol. The highest BCUT2D eigenvalue weighted by molar-refractivity contribution is 7.98. The van der Waals surface area contributed by atoms with Gasteiger partial charge in [-0.15, -0.1) is 16.9 Å². The summed E-state index contributed by atoms with van der Waals surface area (Å²) in [6.07, 6.45) is -4.59. The van der Waals surface area contributed by atoms with E-state index in [1.54, 1.807) is 0 Å². The van der Waals surface area contributed by atoms with Crippen molar-refractivity contribution in [3.05, 3.63) is 87.9 Å². The van der Waals surface area contributed by atoms with Gasteiger partial charge in [0, 0.05) is 10.6 Å². The van der Waals surface area contributed by atoms with Gasteiger partial charge in [0.05, 0.1) is 22.7 Å². The molecule has 1 unspecified atom stereocenters. The highest BCUT2D eigenvalue weighted by Crippen LogP contribution is 2.47. The number of nitriles is 1. The number of hydrogen-bond acceptors (Lipinski definition) is 5. The van der Waals surface area contributed by atoms with Crippen LogP contribution in [0, 0.1) is 18.3 Å². The second-order valence-corrected chi connectivity index (χ2v) is 8.08. The molecule has 0 saturated carbocycles. The molecule has 1 atom stereocenters. The maximum atomic E-state index is 13.7. The Hall–Kier alpha value is -3.38. The molecule has 0 spiro atoms. The number of aryl methyl sites for hydroxylation is 1. The first-order valence-corrected chi connectivity index (χ1v) is 10.3. The zero-order chi connectivity index (χ0) is 22.2. The van der Waals surface area contributed by atoms with Crippen molar-refractivity contribution in [2.24, 2.45) is 5.73 Å². The number of halogens is 3. The molecule has 31 heavy (non-hydrogen) atoms. The second kappa shape index (κ2) is 8.04. The molecule has 0 radical (unpaired) electrons. The largest absolute Gasteiger partial charge is 0.420 e. The minimum Gasteiger partial charge on any atom is -0.420 e. The number of H-pyrrole nitrogens is 1. The molecule has 3 N–H and O–H groups in total. The van der Waals surface area contributed by atoms with Gasteiger partial charge in [-0.2, -0.15) is 18.4 Å². The molecular weight excluding hydrogens is 425 g/mol. The summed E-state index contributed by atoms with van der Waals surface area (Å²) in [7, 11) is 0. The Balaban J connectivity index is 1.80. The SMILES string of the molecule is Cc1ccc(SCc2[nH]nc3c2C(c2ccccc2C(F)(F)F)C(C#N)=C(N)O3)cc1. The third kappa shape index (κ3) is 3.99. The number of aromatic nitrogens is 2. The molecule has 5 nitrogen and oxygen atoms in total. The molecule has 0 amide bonds. The van der Waals surface area contributed by atoms with E-state index in [9.17, 15) is 18.4 Å². The fraction of sp³-hybridized carbons (Fsp3) is 0.182. The number of fused-ring (bicyclic) bond motifs is 1. The van der Waals surface area contributed by atoms with E-state index in [0.29, 0.717) is 17.0 Å². The number of allylic oxidation sites excluding steroid dienone is 1. The summed E-state index contributed by atoms with van der Waals surface area (Å²) in [5.41, 5.74) is 6.99. The Bertz CT molecular complexity index is 1190. The van der Waals surface area contributed by atoms with E-state index in [-0.39, 0.29) is 22.9 Å². The lowest BCUT2D eigenvalue weighted by molar-refractivity contribution is -0.138. The first-order chi connectivity index (χ1) is 14.8. The van der Waals surface area contributed by atoms with Crippen LogP contribution in [0.4, 0.5) is 13.2 Å². The summed E-state index contributed by atoms with van der Waals surface area (Å²) >= 11 is 1.50. The predicted octanol–water partition coefficient (Wildman–Crippen LogP) is 5.25. The fourth-order valence-corrected chi connectivity index (χ4v) is 4.39. The molecule has 0 fully saturated rings. The molecule has 0 aliphatic carbocycles. The molecule has 2 heterocycles. The highest BCUT2D eigenvalue weighted by atomic mass is 32.2. The van der Waals surface area contributed by atoms with Gasteiger partial charge in [0.2, 0.25) is 11.8 Å². The van der Waals surface area contributed by atoms with Gasteiger partial charge in [-0.05, 0) is 30.7 Å². The van der Waals surface area contributed by atoms with E-state index in [1.165, 1.54) is 30.0 Å². The minimum absolute atomic E-state index is 0.0676. The average Bonchev–Trinajstić information content (AvgIpc) is 3.14. The van der Waals surface area contributed by atoms with Crippen LogP contribution in [0.25, 0.3) is 0 Å². The van der Waals surface area contributed by atoms with Crippen LogP contribution in [0.15, 0.2) is 64.9 Å². The Labute approximate surface area is 180 Å². The number of ether oxygens (including phenoxy) is 1. The fourth-order valence-electron chi connectivity index (χ4n) is 3.53. The summed E-state index contributed by atoms with van der Waals surface area (Å²) in [6, 6.07) is 15.0. The Morgan fingerprint density at radius 3 is 2.58 bits per heavy atom. The minimum atomic E-state index is -4.59. The molecular formula is C22H17F3N4OS. The van der Waals surface area contributed by atoms with Crippen molar-refractivity contribution in [2.45, 2.75) is 29.7 Å². The summed E-state index contributed by atoms with van der Waals surface area (Å²) in [5.74, 6) is -0.809. The molecule has 4 rings (SSSR count). The van der Waals surface area contributed by atoms with Crippen molar-refractivity contribution in [1.82, 2.24) is 10.2 Å². The highest BCUT2D eigenvalue weighted by Gasteiger charge is 2.41. The van der Waals surface area contributed by atoms with Gasteiger partial charge < -0.3 is 10.5 Å². The molecule has 1 aliphatic heterocycles. The predicted molar refractivity (Wildman–Crippen MR) is 110 cm³/mol. The van der Waals surface area contributed by atoms with Gasteiger partial charge in [-0.1, -0.05) is 35.9 Å². The lowest BCUT2D eigenvalue weighted by Crippen LogP contribution is -2.23. The van der Waals surface area contributed by atoms with E-state index in [2.05, 4.69) is 10.2 Å². The first-order valence-electron chi connectivity index (χ1n) is 9.30. The van der Waals surface area contributed by atoms with Gasteiger partial charge in [0.25, 0.3) is 0 Å². The van der Waals surface area contributed by atoms with Gasteiger partial charge in [-0.3, -0.25) is 5.10 Å². The van der Waals surface area contributed by atoms with Crippen molar-refractivity contribution in [1.29, 1.82) is 5.26 Å². The maximum absolute atomic E-state index is 13.7. The van der Waals surface area contributed by atoms with Crippen LogP contribution in [0.1, 0.15) is 33.9 Å². The zero-order valence-corrected chi connectivity index (χ0v) is 17.1. The second-order valence-electron chi connectivity index (χ2n) is 7.03. The first kappa shape index (κ1) is 20.9. The summed E-state index contributed by atoms with van der Waals surface area (Å²) in [6.45, 7) is 1.99. The molecule has 0 bridgehead atoms. The Morgan fingerprint density at radius 1 is 1.19 bits per heavy atom. The van der Waals surface area contributed by atoms with Crippen molar-refractivity contribution in [2.75, 3.05) is 0 Å². The van der Waals surface area contributed by atoms with Gasteiger partial charge in [-0.25, -0.2) is 0 Å². The number of benzene rings is 2. The summed E-state index contributed by atoms with van der Waals surface area (Å²) in [4.78, 5) is 0.994. The quantitative estimate of drug-likeness (QED) is 0.539. The van der Waals surface area contributed by atoms with Crippen molar-refractivity contribution in [3.63, 3.8) is 0 Å². The van der Waals surface area contributed by atoms with E-state index in [4.69, 9.17) is 10.5 Å². The van der Waals surface area contributed by atoms with Crippen molar-refractivity contribution in [3.8, 4) is 11.9 Å². The van der Waals surface area contributed by atoms with E-state index < -0.39 is 17.7 Å². The number of alkyl halides is 3. The Kier molecular flexibility index (Phi) is 5.41. The third-order valence-electron chi connectivity index (χ3n) is 5.00. The molecule has 3 aromatic rings. The number of aromatic amines is 1. The van der Waals surface area contributed by atoms with Crippen molar-refractivity contribution < 1.29 is 17.9 Å². The molecule has 1 aliphatic rings. The van der Waals surface area contributed by atoms with Gasteiger partial charge >= 0.3 is 6.18 Å². The van der Waals surface area contributed by atoms with Crippen LogP contribution >= 0.6 is 11.8 Å². The van der Waals surface area contributed by atoms with Crippen LogP contribution in [0.3, 0.4) is 0 Å². The number of nitrogens with one attached hydrogen (secondary N) is 1. The Morgan fingerprint density at radius 2 is 1.90 bits per heavy atom. The topological polar surface area (TPSA) is 87.7 Å². The van der Waals surface area contributed by atoms with E-state index in [1.807, 2.05) is 37.3 Å². The van der Waals surface area contributed by atoms with E-state index >= 15 is 0 Å². The normalized spacial score (nSPS) is 15.9.